The second kappa shape index (κ2) is 9.82. The standard InChI is InChI=1S/C20H30F2N2O4/c1-26-18-4-3-16(12-24-6-2-5-20(21,22)15-24)11-19(18)28-14-17(25)13-23-7-9-27-10-8-23/h3-4,11,17,25H,2,5-10,12-15H2,1H3. The lowest BCUT2D eigenvalue weighted by Gasteiger charge is -2.32. The molecule has 0 aliphatic carbocycles. The number of hydrogen-bond acceptors (Lipinski definition) is 6. The Labute approximate surface area is 165 Å². The average Bonchev–Trinajstić information content (AvgIpc) is 2.66. The molecule has 3 rings (SSSR count). The van der Waals surface area contributed by atoms with E-state index in [4.69, 9.17) is 14.2 Å². The minimum absolute atomic E-state index is 0.0402. The molecule has 0 saturated carbocycles. The molecule has 0 aromatic heterocycles. The number of ether oxygens (including phenoxy) is 3. The van der Waals surface area contributed by atoms with Crippen LogP contribution in [0.5, 0.6) is 11.5 Å². The number of benzene rings is 1. The Balaban J connectivity index is 1.56. The van der Waals surface area contributed by atoms with Crippen molar-refractivity contribution in [2.24, 2.45) is 0 Å². The van der Waals surface area contributed by atoms with Gasteiger partial charge < -0.3 is 19.3 Å². The molecule has 1 atom stereocenters. The van der Waals surface area contributed by atoms with Gasteiger partial charge in [-0.15, -0.1) is 0 Å². The summed E-state index contributed by atoms with van der Waals surface area (Å²) in [6, 6.07) is 5.46. The number of aliphatic hydroxyl groups excluding tert-OH is 1. The van der Waals surface area contributed by atoms with Crippen LogP contribution < -0.4 is 9.47 Å². The van der Waals surface area contributed by atoms with E-state index in [0.717, 1.165) is 18.7 Å². The molecule has 0 spiro atoms. The van der Waals surface area contributed by atoms with E-state index in [-0.39, 0.29) is 19.6 Å². The summed E-state index contributed by atoms with van der Waals surface area (Å²) in [6.07, 6.45) is -0.172. The summed E-state index contributed by atoms with van der Waals surface area (Å²) in [6.45, 7) is 4.51. The van der Waals surface area contributed by atoms with E-state index in [9.17, 15) is 13.9 Å². The summed E-state index contributed by atoms with van der Waals surface area (Å²) in [7, 11) is 1.55. The molecule has 2 aliphatic rings. The second-order valence-electron chi connectivity index (χ2n) is 7.53. The van der Waals surface area contributed by atoms with Crippen molar-refractivity contribution in [1.82, 2.24) is 9.80 Å². The van der Waals surface area contributed by atoms with Crippen molar-refractivity contribution >= 4 is 0 Å². The largest absolute Gasteiger partial charge is 0.493 e. The van der Waals surface area contributed by atoms with Crippen molar-refractivity contribution in [2.75, 3.05) is 59.7 Å². The van der Waals surface area contributed by atoms with Gasteiger partial charge in [-0.3, -0.25) is 9.80 Å². The molecule has 28 heavy (non-hydrogen) atoms. The van der Waals surface area contributed by atoms with Crippen LogP contribution in [0.3, 0.4) is 0 Å². The number of likely N-dealkylation sites (tertiary alicyclic amines) is 1. The number of methoxy groups -OCH3 is 1. The van der Waals surface area contributed by atoms with Crippen LogP contribution in [0, 0.1) is 0 Å². The van der Waals surface area contributed by atoms with Gasteiger partial charge in [-0.1, -0.05) is 6.07 Å². The van der Waals surface area contributed by atoms with E-state index >= 15 is 0 Å². The monoisotopic (exact) mass is 400 g/mol. The summed E-state index contributed by atoms with van der Waals surface area (Å²) in [5.41, 5.74) is 0.885. The van der Waals surface area contributed by atoms with Crippen LogP contribution in [0.15, 0.2) is 18.2 Å². The average molecular weight is 400 g/mol. The number of β-amino-alcohol motifs (C(OH)–C–C–N with tert-alkyl or cyclic N) is 1. The highest BCUT2D eigenvalue weighted by Crippen LogP contribution is 2.31. The van der Waals surface area contributed by atoms with Gasteiger partial charge in [0.15, 0.2) is 11.5 Å². The lowest BCUT2D eigenvalue weighted by molar-refractivity contribution is -0.0661. The molecule has 2 fully saturated rings. The molecule has 1 N–H and O–H groups in total. The van der Waals surface area contributed by atoms with Crippen LogP contribution in [-0.4, -0.2) is 86.6 Å². The lowest BCUT2D eigenvalue weighted by atomic mass is 10.1. The fourth-order valence-corrected chi connectivity index (χ4v) is 3.69. The Hall–Kier alpha value is -1.48. The third kappa shape index (κ3) is 6.27. The topological polar surface area (TPSA) is 54.4 Å². The zero-order chi connectivity index (χ0) is 20.0. The number of aliphatic hydroxyl groups is 1. The molecule has 6 nitrogen and oxygen atoms in total. The van der Waals surface area contributed by atoms with Crippen molar-refractivity contribution < 1.29 is 28.1 Å². The van der Waals surface area contributed by atoms with E-state index in [1.807, 2.05) is 12.1 Å². The van der Waals surface area contributed by atoms with E-state index in [1.54, 1.807) is 18.1 Å². The molecular formula is C20H30F2N2O4. The maximum atomic E-state index is 13.6. The van der Waals surface area contributed by atoms with Gasteiger partial charge in [0.1, 0.15) is 12.7 Å². The first kappa shape index (κ1) is 21.2. The Morgan fingerprint density at radius 2 is 1.96 bits per heavy atom. The Morgan fingerprint density at radius 3 is 2.68 bits per heavy atom. The number of nitrogens with zero attached hydrogens (tertiary/aromatic N) is 2. The first-order valence-electron chi connectivity index (χ1n) is 9.83. The quantitative estimate of drug-likeness (QED) is 0.721. The zero-order valence-corrected chi connectivity index (χ0v) is 16.4. The van der Waals surface area contributed by atoms with Crippen molar-refractivity contribution in [3.63, 3.8) is 0 Å². The van der Waals surface area contributed by atoms with Crippen LogP contribution >= 0.6 is 0 Å². The van der Waals surface area contributed by atoms with Crippen molar-refractivity contribution in [3.05, 3.63) is 23.8 Å². The first-order valence-corrected chi connectivity index (χ1v) is 9.83. The fraction of sp³-hybridized carbons (Fsp3) is 0.700. The van der Waals surface area contributed by atoms with Crippen molar-refractivity contribution in [2.45, 2.75) is 31.4 Å². The predicted octanol–water partition coefficient (Wildman–Crippen LogP) is 2.00. The van der Waals surface area contributed by atoms with Gasteiger partial charge in [0.2, 0.25) is 0 Å². The number of morpholine rings is 1. The molecule has 2 heterocycles. The van der Waals surface area contributed by atoms with Crippen LogP contribution in [0.2, 0.25) is 0 Å². The summed E-state index contributed by atoms with van der Waals surface area (Å²) in [5.74, 6) is -1.54. The van der Waals surface area contributed by atoms with Crippen LogP contribution in [0.25, 0.3) is 0 Å². The van der Waals surface area contributed by atoms with Gasteiger partial charge in [-0.2, -0.15) is 0 Å². The molecule has 0 bridgehead atoms. The van der Waals surface area contributed by atoms with Gasteiger partial charge in [0.25, 0.3) is 5.92 Å². The highest BCUT2D eigenvalue weighted by Gasteiger charge is 2.34. The Morgan fingerprint density at radius 1 is 1.18 bits per heavy atom. The van der Waals surface area contributed by atoms with Gasteiger partial charge >= 0.3 is 0 Å². The molecule has 0 amide bonds. The van der Waals surface area contributed by atoms with Gasteiger partial charge in [0, 0.05) is 32.6 Å². The van der Waals surface area contributed by atoms with E-state index < -0.39 is 12.0 Å². The van der Waals surface area contributed by atoms with Crippen LogP contribution in [-0.2, 0) is 11.3 Å². The van der Waals surface area contributed by atoms with Crippen molar-refractivity contribution in [3.8, 4) is 11.5 Å². The van der Waals surface area contributed by atoms with E-state index in [0.29, 0.717) is 50.8 Å². The van der Waals surface area contributed by atoms with Crippen LogP contribution in [0.1, 0.15) is 18.4 Å². The Bertz CT molecular complexity index is 626. The summed E-state index contributed by atoms with van der Waals surface area (Å²) in [4.78, 5) is 3.91. The molecule has 2 aliphatic heterocycles. The molecule has 1 aromatic carbocycles. The van der Waals surface area contributed by atoms with E-state index in [2.05, 4.69) is 4.90 Å². The lowest BCUT2D eigenvalue weighted by Crippen LogP contribution is -2.42. The molecule has 8 heteroatoms. The zero-order valence-electron chi connectivity index (χ0n) is 16.4. The first-order chi connectivity index (χ1) is 13.4. The normalized spacial score (nSPS) is 22.0. The molecule has 1 aromatic rings. The van der Waals surface area contributed by atoms with Gasteiger partial charge in [-0.25, -0.2) is 8.78 Å². The molecule has 158 valence electrons. The SMILES string of the molecule is COc1ccc(CN2CCCC(F)(F)C2)cc1OCC(O)CN1CCOCC1. The highest BCUT2D eigenvalue weighted by molar-refractivity contribution is 5.43. The van der Waals surface area contributed by atoms with Gasteiger partial charge in [0.05, 0.1) is 26.9 Å². The minimum Gasteiger partial charge on any atom is -0.493 e. The van der Waals surface area contributed by atoms with Crippen LogP contribution in [0.4, 0.5) is 8.78 Å². The maximum absolute atomic E-state index is 13.6. The maximum Gasteiger partial charge on any atom is 0.260 e. The molecule has 2 saturated heterocycles. The number of alkyl halides is 2. The summed E-state index contributed by atoms with van der Waals surface area (Å²) >= 11 is 0. The Kier molecular flexibility index (Phi) is 7.45. The number of piperidine rings is 1. The smallest absolute Gasteiger partial charge is 0.260 e. The highest BCUT2D eigenvalue weighted by atomic mass is 19.3. The van der Waals surface area contributed by atoms with E-state index in [1.165, 1.54) is 0 Å². The fourth-order valence-electron chi connectivity index (χ4n) is 3.69. The third-order valence-electron chi connectivity index (χ3n) is 5.11. The third-order valence-corrected chi connectivity index (χ3v) is 5.11. The van der Waals surface area contributed by atoms with Gasteiger partial charge in [-0.05, 0) is 30.7 Å². The number of hydrogen-bond donors (Lipinski definition) is 1. The predicted molar refractivity (Wildman–Crippen MR) is 101 cm³/mol. The molecule has 1 unspecified atom stereocenters. The molecule has 0 radical (unpaired) electrons. The summed E-state index contributed by atoms with van der Waals surface area (Å²) < 4.78 is 43.7. The minimum atomic E-state index is -2.62. The number of halogens is 2. The summed E-state index contributed by atoms with van der Waals surface area (Å²) in [5, 5.41) is 10.3. The molecular weight excluding hydrogens is 370 g/mol. The second-order valence-corrected chi connectivity index (χ2v) is 7.53. The number of rotatable bonds is 8. The van der Waals surface area contributed by atoms with Crippen molar-refractivity contribution in [1.29, 1.82) is 0 Å².